The van der Waals surface area contributed by atoms with E-state index in [-0.39, 0.29) is 6.61 Å². The zero-order chi connectivity index (χ0) is 8.10. The first-order valence-electron chi connectivity index (χ1n) is 3.38. The van der Waals surface area contributed by atoms with Crippen LogP contribution in [0.1, 0.15) is 5.56 Å². The second-order valence-corrected chi connectivity index (χ2v) is 3.64. The fourth-order valence-electron chi connectivity index (χ4n) is 0.748. The van der Waals surface area contributed by atoms with Gasteiger partial charge in [0.05, 0.1) is 10.9 Å². The average molecular weight is 192 g/mol. The second-order valence-electron chi connectivity index (χ2n) is 2.12. The number of hydrogen-bond acceptors (Lipinski definition) is 3. The summed E-state index contributed by atoms with van der Waals surface area (Å²) in [6, 6.07) is 1.98. The van der Waals surface area contributed by atoms with Crippen molar-refractivity contribution in [3.63, 3.8) is 0 Å². The normalized spacial score (nSPS) is 10.4. The summed E-state index contributed by atoms with van der Waals surface area (Å²) in [4.78, 5) is 0. The van der Waals surface area contributed by atoms with Gasteiger partial charge in [-0.3, -0.25) is 0 Å². The summed E-state index contributed by atoms with van der Waals surface area (Å²) in [5.74, 6) is 0. The molecule has 2 nitrogen and oxygen atoms in total. The van der Waals surface area contributed by atoms with Crippen molar-refractivity contribution >= 4 is 22.9 Å². The maximum absolute atomic E-state index is 8.47. The summed E-state index contributed by atoms with van der Waals surface area (Å²) in [5, 5.41) is 13.5. The number of rotatable bonds is 4. The van der Waals surface area contributed by atoms with E-state index in [2.05, 4.69) is 5.32 Å². The Hall–Kier alpha value is -0.0900. The standard InChI is InChI=1S/C7H10ClNOS/c8-7-6(1-4-11-7)5-9-2-3-10/h1,4,9-10H,2-3,5H2. The first kappa shape index (κ1) is 9.00. The maximum atomic E-state index is 8.47. The smallest absolute Gasteiger partial charge is 0.0973 e. The third-order valence-electron chi connectivity index (χ3n) is 1.30. The monoisotopic (exact) mass is 191 g/mol. The summed E-state index contributed by atoms with van der Waals surface area (Å²) in [6.07, 6.45) is 0. The minimum absolute atomic E-state index is 0.168. The molecule has 0 aromatic carbocycles. The summed E-state index contributed by atoms with van der Waals surface area (Å²) in [6.45, 7) is 1.52. The van der Waals surface area contributed by atoms with Crippen molar-refractivity contribution in [2.45, 2.75) is 6.54 Å². The number of thiophene rings is 1. The zero-order valence-electron chi connectivity index (χ0n) is 6.01. The van der Waals surface area contributed by atoms with E-state index in [0.29, 0.717) is 6.54 Å². The van der Waals surface area contributed by atoms with E-state index < -0.39 is 0 Å². The Morgan fingerprint density at radius 1 is 1.64 bits per heavy atom. The topological polar surface area (TPSA) is 32.3 Å². The predicted molar refractivity (Wildman–Crippen MR) is 48.1 cm³/mol. The quantitative estimate of drug-likeness (QED) is 0.707. The van der Waals surface area contributed by atoms with E-state index in [1.54, 1.807) is 0 Å². The summed E-state index contributed by atoms with van der Waals surface area (Å²) >= 11 is 7.36. The van der Waals surface area contributed by atoms with Crippen LogP contribution in [0.2, 0.25) is 4.34 Å². The van der Waals surface area contributed by atoms with E-state index in [0.717, 1.165) is 16.4 Å². The lowest BCUT2D eigenvalue weighted by Crippen LogP contribution is -2.17. The number of hydrogen-bond donors (Lipinski definition) is 2. The average Bonchev–Trinajstić information content (AvgIpc) is 2.37. The van der Waals surface area contributed by atoms with Crippen LogP contribution in [0.5, 0.6) is 0 Å². The SMILES string of the molecule is OCCNCc1ccsc1Cl. The van der Waals surface area contributed by atoms with Gasteiger partial charge in [-0.1, -0.05) is 11.6 Å². The molecule has 1 rings (SSSR count). The fourth-order valence-corrected chi connectivity index (χ4v) is 1.68. The van der Waals surface area contributed by atoms with Gasteiger partial charge >= 0.3 is 0 Å². The van der Waals surface area contributed by atoms with Gasteiger partial charge in [0.15, 0.2) is 0 Å². The molecule has 1 heterocycles. The molecule has 4 heteroatoms. The van der Waals surface area contributed by atoms with Crippen molar-refractivity contribution in [3.8, 4) is 0 Å². The van der Waals surface area contributed by atoms with Gasteiger partial charge in [0, 0.05) is 13.1 Å². The largest absolute Gasteiger partial charge is 0.395 e. The van der Waals surface area contributed by atoms with Gasteiger partial charge in [-0.05, 0) is 17.0 Å². The van der Waals surface area contributed by atoms with Crippen LogP contribution >= 0.6 is 22.9 Å². The van der Waals surface area contributed by atoms with Gasteiger partial charge in [-0.2, -0.15) is 0 Å². The van der Waals surface area contributed by atoms with Crippen molar-refractivity contribution in [2.75, 3.05) is 13.2 Å². The van der Waals surface area contributed by atoms with Crippen LogP contribution in [0.15, 0.2) is 11.4 Å². The molecule has 0 aliphatic heterocycles. The number of nitrogens with one attached hydrogen (secondary N) is 1. The number of aliphatic hydroxyl groups is 1. The molecule has 0 spiro atoms. The lowest BCUT2D eigenvalue weighted by Gasteiger charge is -1.99. The zero-order valence-corrected chi connectivity index (χ0v) is 7.58. The molecule has 1 aromatic rings. The van der Waals surface area contributed by atoms with Crippen molar-refractivity contribution in [1.29, 1.82) is 0 Å². The Balaban J connectivity index is 2.32. The molecular weight excluding hydrogens is 182 g/mol. The molecule has 0 saturated heterocycles. The molecule has 0 radical (unpaired) electrons. The molecule has 62 valence electrons. The predicted octanol–water partition coefficient (Wildman–Crippen LogP) is 1.48. The summed E-state index contributed by atoms with van der Waals surface area (Å²) in [5.41, 5.74) is 1.10. The second kappa shape index (κ2) is 4.72. The van der Waals surface area contributed by atoms with Crippen molar-refractivity contribution in [2.24, 2.45) is 0 Å². The van der Waals surface area contributed by atoms with Gasteiger partial charge in [-0.15, -0.1) is 11.3 Å². The van der Waals surface area contributed by atoms with E-state index in [4.69, 9.17) is 16.7 Å². The molecule has 2 N–H and O–H groups in total. The van der Waals surface area contributed by atoms with Gasteiger partial charge in [0.25, 0.3) is 0 Å². The van der Waals surface area contributed by atoms with Crippen LogP contribution in [0.3, 0.4) is 0 Å². The van der Waals surface area contributed by atoms with Gasteiger partial charge in [-0.25, -0.2) is 0 Å². The Labute approximate surface area is 74.8 Å². The molecule has 0 unspecified atom stereocenters. The van der Waals surface area contributed by atoms with Crippen molar-refractivity contribution in [3.05, 3.63) is 21.3 Å². The Morgan fingerprint density at radius 2 is 2.45 bits per heavy atom. The molecule has 0 aliphatic carbocycles. The minimum atomic E-state index is 0.168. The molecule has 0 amide bonds. The van der Waals surface area contributed by atoms with Crippen LogP contribution < -0.4 is 5.32 Å². The highest BCUT2D eigenvalue weighted by Crippen LogP contribution is 2.21. The van der Waals surface area contributed by atoms with Crippen molar-refractivity contribution in [1.82, 2.24) is 5.32 Å². The molecule has 0 bridgehead atoms. The lowest BCUT2D eigenvalue weighted by atomic mass is 10.3. The van der Waals surface area contributed by atoms with Gasteiger partial charge < -0.3 is 10.4 Å². The van der Waals surface area contributed by atoms with Gasteiger partial charge in [0.1, 0.15) is 0 Å². The molecule has 11 heavy (non-hydrogen) atoms. The van der Waals surface area contributed by atoms with E-state index >= 15 is 0 Å². The molecule has 0 saturated carbocycles. The third-order valence-corrected chi connectivity index (χ3v) is 2.55. The van der Waals surface area contributed by atoms with Crippen LogP contribution in [0.4, 0.5) is 0 Å². The maximum Gasteiger partial charge on any atom is 0.0973 e. The van der Waals surface area contributed by atoms with E-state index in [1.165, 1.54) is 11.3 Å². The molecular formula is C7H10ClNOS. The van der Waals surface area contributed by atoms with Crippen LogP contribution in [0, 0.1) is 0 Å². The van der Waals surface area contributed by atoms with Crippen LogP contribution in [-0.2, 0) is 6.54 Å². The Bertz CT molecular complexity index is 214. The Morgan fingerprint density at radius 3 is 3.00 bits per heavy atom. The molecule has 0 fully saturated rings. The first-order valence-corrected chi connectivity index (χ1v) is 4.64. The minimum Gasteiger partial charge on any atom is -0.395 e. The third kappa shape index (κ3) is 2.79. The van der Waals surface area contributed by atoms with Crippen LogP contribution in [-0.4, -0.2) is 18.3 Å². The number of halogens is 1. The van der Waals surface area contributed by atoms with E-state index in [1.807, 2.05) is 11.4 Å². The molecule has 1 aromatic heterocycles. The fraction of sp³-hybridized carbons (Fsp3) is 0.429. The summed E-state index contributed by atoms with van der Waals surface area (Å²) < 4.78 is 0.829. The molecule has 0 aliphatic rings. The van der Waals surface area contributed by atoms with Gasteiger partial charge in [0.2, 0.25) is 0 Å². The summed E-state index contributed by atoms with van der Waals surface area (Å²) in [7, 11) is 0. The number of aliphatic hydroxyl groups excluding tert-OH is 1. The van der Waals surface area contributed by atoms with Crippen LogP contribution in [0.25, 0.3) is 0 Å². The highest BCUT2D eigenvalue weighted by Gasteiger charge is 1.98. The lowest BCUT2D eigenvalue weighted by molar-refractivity contribution is 0.292. The Kier molecular flexibility index (Phi) is 3.86. The molecule has 0 atom stereocenters. The van der Waals surface area contributed by atoms with Crippen molar-refractivity contribution < 1.29 is 5.11 Å². The highest BCUT2D eigenvalue weighted by molar-refractivity contribution is 7.14. The van der Waals surface area contributed by atoms with E-state index in [9.17, 15) is 0 Å². The highest BCUT2D eigenvalue weighted by atomic mass is 35.5. The first-order chi connectivity index (χ1) is 5.34.